The van der Waals surface area contributed by atoms with E-state index in [9.17, 15) is 10.1 Å². The first-order valence-corrected chi connectivity index (χ1v) is 10.1. The summed E-state index contributed by atoms with van der Waals surface area (Å²) in [5.41, 5.74) is 8.96. The Labute approximate surface area is 172 Å². The lowest BCUT2D eigenvalue weighted by atomic mass is 9.88. The number of hydrogen-bond acceptors (Lipinski definition) is 7. The van der Waals surface area contributed by atoms with Crippen LogP contribution in [0.15, 0.2) is 36.2 Å². The van der Waals surface area contributed by atoms with Crippen LogP contribution in [0, 0.1) is 17.2 Å². The number of nitrogens with one attached hydrogen (secondary N) is 4. The lowest BCUT2D eigenvalue weighted by molar-refractivity contribution is -0.125. The fourth-order valence-corrected chi connectivity index (χ4v) is 3.71. The fourth-order valence-electron chi connectivity index (χ4n) is 3.71. The van der Waals surface area contributed by atoms with Crippen LogP contribution in [-0.4, -0.2) is 37.7 Å². The van der Waals surface area contributed by atoms with Crippen molar-refractivity contribution in [1.29, 1.82) is 5.26 Å². The standard InChI is InChI=1S/C21H30N6O2/c1-14-4-5-15(2)23-20(14)21(28)24-17(11-22)10-16-6-8-19(9-7-16)27-12-18(13-29-3)25-26-27/h6-9,12,14-15,17,20,23,25-26H,4-5,10,13H2,1-3H3,(H,24,28)/t14-,15+,17+,20+/m1/s1. The molecule has 1 aromatic carbocycles. The highest BCUT2D eigenvalue weighted by atomic mass is 16.5. The van der Waals surface area contributed by atoms with E-state index in [2.05, 4.69) is 41.5 Å². The molecule has 156 valence electrons. The lowest BCUT2D eigenvalue weighted by Crippen LogP contribution is -2.55. The molecule has 0 aliphatic carbocycles. The van der Waals surface area contributed by atoms with Crippen molar-refractivity contribution in [2.75, 3.05) is 18.7 Å². The number of nitriles is 1. The third-order valence-electron chi connectivity index (χ3n) is 5.42. The van der Waals surface area contributed by atoms with Crippen molar-refractivity contribution in [2.45, 2.75) is 51.2 Å². The molecular weight excluding hydrogens is 368 g/mol. The van der Waals surface area contributed by atoms with Crippen LogP contribution in [0.5, 0.6) is 0 Å². The molecule has 0 radical (unpaired) electrons. The van der Waals surface area contributed by atoms with E-state index < -0.39 is 6.04 Å². The van der Waals surface area contributed by atoms with E-state index in [1.807, 2.05) is 35.5 Å². The van der Waals surface area contributed by atoms with Crippen LogP contribution in [0.4, 0.5) is 5.69 Å². The van der Waals surface area contributed by atoms with Gasteiger partial charge in [-0.05, 0) is 43.4 Å². The third kappa shape index (κ3) is 5.48. The average molecular weight is 399 g/mol. The summed E-state index contributed by atoms with van der Waals surface area (Å²) < 4.78 is 5.11. The SMILES string of the molecule is COCC1=CN(c2ccc(C[C@@H](C#N)NC(=O)[C@H]3N[C@@H](C)CC[C@H]3C)cc2)NN1. The molecule has 1 saturated heterocycles. The van der Waals surface area contributed by atoms with Crippen LogP contribution >= 0.6 is 0 Å². The number of carbonyl (C=O) groups is 1. The van der Waals surface area contributed by atoms with E-state index in [0.717, 1.165) is 29.8 Å². The van der Waals surface area contributed by atoms with Crippen LogP contribution < -0.4 is 26.6 Å². The van der Waals surface area contributed by atoms with Crippen LogP contribution in [0.1, 0.15) is 32.3 Å². The predicted molar refractivity (Wildman–Crippen MR) is 111 cm³/mol. The molecule has 0 bridgehead atoms. The maximum Gasteiger partial charge on any atom is 0.238 e. The highest BCUT2D eigenvalue weighted by Gasteiger charge is 2.31. The summed E-state index contributed by atoms with van der Waals surface area (Å²) in [6.07, 6.45) is 4.49. The zero-order valence-electron chi connectivity index (χ0n) is 17.2. The molecule has 29 heavy (non-hydrogen) atoms. The van der Waals surface area contributed by atoms with Gasteiger partial charge in [-0.2, -0.15) is 5.26 Å². The zero-order valence-corrected chi connectivity index (χ0v) is 17.2. The number of hydrogen-bond donors (Lipinski definition) is 4. The number of methoxy groups -OCH3 is 1. The highest BCUT2D eigenvalue weighted by molar-refractivity contribution is 5.82. The number of ether oxygens (including phenoxy) is 1. The molecule has 0 spiro atoms. The molecule has 0 saturated carbocycles. The van der Waals surface area contributed by atoms with Crippen molar-refractivity contribution >= 4 is 11.6 Å². The minimum Gasteiger partial charge on any atom is -0.378 e. The Morgan fingerprint density at radius 1 is 1.34 bits per heavy atom. The van der Waals surface area contributed by atoms with Crippen molar-refractivity contribution in [1.82, 2.24) is 21.6 Å². The molecule has 2 aliphatic heterocycles. The molecule has 2 aliphatic rings. The topological polar surface area (TPSA) is 101 Å². The van der Waals surface area contributed by atoms with E-state index >= 15 is 0 Å². The van der Waals surface area contributed by atoms with E-state index in [-0.39, 0.29) is 17.9 Å². The molecule has 2 heterocycles. The molecule has 0 unspecified atom stereocenters. The number of carbonyl (C=O) groups excluding carboxylic acids is 1. The number of benzene rings is 1. The van der Waals surface area contributed by atoms with Gasteiger partial charge in [0.25, 0.3) is 0 Å². The Kier molecular flexibility index (Phi) is 7.09. The number of anilines is 1. The Morgan fingerprint density at radius 2 is 2.10 bits per heavy atom. The summed E-state index contributed by atoms with van der Waals surface area (Å²) in [5, 5.41) is 17.7. The number of piperidine rings is 1. The Bertz CT molecular complexity index is 772. The first-order chi connectivity index (χ1) is 14.0. The monoisotopic (exact) mass is 398 g/mol. The first kappa shape index (κ1) is 21.1. The van der Waals surface area contributed by atoms with Crippen molar-refractivity contribution in [3.05, 3.63) is 41.7 Å². The summed E-state index contributed by atoms with van der Waals surface area (Å²) >= 11 is 0. The number of nitrogens with zero attached hydrogens (tertiary/aromatic N) is 2. The number of hydrazine groups is 2. The van der Waals surface area contributed by atoms with Crippen LogP contribution in [-0.2, 0) is 16.0 Å². The molecule has 1 fully saturated rings. The van der Waals surface area contributed by atoms with Gasteiger partial charge in [-0.25, -0.2) is 0 Å². The second-order valence-electron chi connectivity index (χ2n) is 7.86. The minimum atomic E-state index is -0.556. The molecule has 8 heteroatoms. The van der Waals surface area contributed by atoms with Gasteiger partial charge >= 0.3 is 0 Å². The highest BCUT2D eigenvalue weighted by Crippen LogP contribution is 2.20. The summed E-state index contributed by atoms with van der Waals surface area (Å²) in [7, 11) is 1.65. The zero-order chi connectivity index (χ0) is 20.8. The molecule has 3 rings (SSSR count). The molecule has 4 N–H and O–H groups in total. The van der Waals surface area contributed by atoms with E-state index in [1.54, 1.807) is 7.11 Å². The summed E-state index contributed by atoms with van der Waals surface area (Å²) in [4.78, 5) is 12.7. The maximum atomic E-state index is 12.7. The normalized spacial score (nSPS) is 25.0. The molecule has 1 amide bonds. The molecule has 0 aromatic heterocycles. The van der Waals surface area contributed by atoms with Gasteiger partial charge in [-0.3, -0.25) is 9.80 Å². The maximum absolute atomic E-state index is 12.7. The van der Waals surface area contributed by atoms with Gasteiger partial charge in [0.05, 0.1) is 30.1 Å². The van der Waals surface area contributed by atoms with Gasteiger partial charge in [-0.15, -0.1) is 5.53 Å². The quantitative estimate of drug-likeness (QED) is 0.550. The molecule has 1 aromatic rings. The number of amides is 1. The summed E-state index contributed by atoms with van der Waals surface area (Å²) in [6, 6.07) is 9.63. The second-order valence-corrected chi connectivity index (χ2v) is 7.86. The van der Waals surface area contributed by atoms with Gasteiger partial charge in [-0.1, -0.05) is 19.1 Å². The lowest BCUT2D eigenvalue weighted by Gasteiger charge is -2.33. The molecular formula is C21H30N6O2. The Balaban J connectivity index is 1.57. The van der Waals surface area contributed by atoms with Gasteiger partial charge in [0.1, 0.15) is 6.04 Å². The van der Waals surface area contributed by atoms with Crippen LogP contribution in [0.25, 0.3) is 0 Å². The van der Waals surface area contributed by atoms with Crippen molar-refractivity contribution in [2.24, 2.45) is 5.92 Å². The molecule has 4 atom stereocenters. The predicted octanol–water partition coefficient (Wildman–Crippen LogP) is 1.33. The summed E-state index contributed by atoms with van der Waals surface area (Å²) in [6.45, 7) is 4.67. The van der Waals surface area contributed by atoms with Crippen LogP contribution in [0.2, 0.25) is 0 Å². The Hall–Kier alpha value is -2.60. The second kappa shape index (κ2) is 9.74. The van der Waals surface area contributed by atoms with Gasteiger partial charge in [0, 0.05) is 25.8 Å². The number of rotatable bonds is 7. The van der Waals surface area contributed by atoms with Crippen LogP contribution in [0.3, 0.4) is 0 Å². The van der Waals surface area contributed by atoms with E-state index in [1.165, 1.54) is 0 Å². The van der Waals surface area contributed by atoms with Crippen molar-refractivity contribution in [3.8, 4) is 6.07 Å². The largest absolute Gasteiger partial charge is 0.378 e. The van der Waals surface area contributed by atoms with Gasteiger partial charge < -0.3 is 20.8 Å². The minimum absolute atomic E-state index is 0.0876. The fraction of sp³-hybridized carbons (Fsp3) is 0.524. The van der Waals surface area contributed by atoms with Crippen molar-refractivity contribution in [3.63, 3.8) is 0 Å². The first-order valence-electron chi connectivity index (χ1n) is 10.1. The molecule has 8 nitrogen and oxygen atoms in total. The average Bonchev–Trinajstić information content (AvgIpc) is 3.18. The van der Waals surface area contributed by atoms with Crippen molar-refractivity contribution < 1.29 is 9.53 Å². The third-order valence-corrected chi connectivity index (χ3v) is 5.42. The van der Waals surface area contributed by atoms with Gasteiger partial charge in [0.15, 0.2) is 0 Å². The smallest absolute Gasteiger partial charge is 0.238 e. The summed E-state index contributed by atoms with van der Waals surface area (Å²) in [5.74, 6) is 0.179. The van der Waals surface area contributed by atoms with E-state index in [0.29, 0.717) is 19.1 Å². The Morgan fingerprint density at radius 3 is 2.79 bits per heavy atom. The van der Waals surface area contributed by atoms with E-state index in [4.69, 9.17) is 4.74 Å². The van der Waals surface area contributed by atoms with Gasteiger partial charge in [0.2, 0.25) is 5.91 Å².